The Kier molecular flexibility index (Phi) is 2.83. The van der Waals surface area contributed by atoms with Gasteiger partial charge in [0, 0.05) is 15.8 Å². The number of rotatable bonds is 2. The highest BCUT2D eigenvalue weighted by molar-refractivity contribution is 14.1. The van der Waals surface area contributed by atoms with Crippen molar-refractivity contribution >= 4 is 49.7 Å². The molecule has 2 N–H and O–H groups in total. The Morgan fingerprint density at radius 3 is 3.00 bits per heavy atom. The first-order valence-electron chi connectivity index (χ1n) is 4.32. The lowest BCUT2D eigenvalue weighted by Gasteiger charge is -1.97. The van der Waals surface area contributed by atoms with E-state index in [1.165, 1.54) is 10.1 Å². The molecule has 1 aromatic heterocycles. The molecule has 74 valence electrons. The Morgan fingerprint density at radius 2 is 2.29 bits per heavy atom. The Morgan fingerprint density at radius 1 is 1.50 bits per heavy atom. The molecule has 0 unspecified atom stereocenters. The maximum Gasteiger partial charge on any atom is 0.188 e. The minimum atomic E-state index is 0.707. The molecule has 0 spiro atoms. The van der Waals surface area contributed by atoms with Crippen LogP contribution in [0.1, 0.15) is 6.92 Å². The zero-order chi connectivity index (χ0) is 10.1. The average molecular weight is 319 g/mol. The normalized spacial score (nSPS) is 10.7. The van der Waals surface area contributed by atoms with Crippen LogP contribution in [-0.2, 0) is 0 Å². The Balaban J connectivity index is 2.62. The lowest BCUT2D eigenvalue weighted by Crippen LogP contribution is -1.89. The number of nitrogens with two attached hydrogens (primary N) is 1. The molecule has 0 aliphatic rings. The van der Waals surface area contributed by atoms with E-state index in [1.54, 1.807) is 11.3 Å². The van der Waals surface area contributed by atoms with Crippen LogP contribution in [0.3, 0.4) is 0 Å². The predicted molar refractivity (Wildman–Crippen MR) is 70.1 cm³/mol. The van der Waals surface area contributed by atoms with E-state index in [1.807, 2.05) is 25.1 Å². The molecule has 0 atom stereocenters. The van der Waals surface area contributed by atoms with Gasteiger partial charge >= 0.3 is 0 Å². The predicted octanol–water partition coefficient (Wildman–Crippen LogP) is 3.49. The van der Waals surface area contributed by atoms with Crippen LogP contribution in [0.2, 0.25) is 0 Å². The SMILES string of the molecule is CCOc1sc2ccc(N)cc2c1I. The molecule has 0 saturated heterocycles. The molecular formula is C10H10INOS. The van der Waals surface area contributed by atoms with Gasteiger partial charge in [0.2, 0.25) is 0 Å². The van der Waals surface area contributed by atoms with E-state index in [2.05, 4.69) is 22.6 Å². The van der Waals surface area contributed by atoms with E-state index < -0.39 is 0 Å². The van der Waals surface area contributed by atoms with Gasteiger partial charge < -0.3 is 10.5 Å². The molecule has 1 aromatic carbocycles. The number of ether oxygens (including phenoxy) is 1. The molecule has 0 aliphatic heterocycles. The van der Waals surface area contributed by atoms with Gasteiger partial charge in [-0.25, -0.2) is 0 Å². The van der Waals surface area contributed by atoms with Gasteiger partial charge in [0.1, 0.15) is 0 Å². The molecule has 2 rings (SSSR count). The third kappa shape index (κ3) is 1.68. The summed E-state index contributed by atoms with van der Waals surface area (Å²) in [6.45, 7) is 2.70. The van der Waals surface area contributed by atoms with Crippen LogP contribution in [-0.4, -0.2) is 6.61 Å². The standard InChI is InChI=1S/C10H10INOS/c1-2-13-10-9(11)7-5-6(12)3-4-8(7)14-10/h3-5H,2,12H2,1H3. The minimum Gasteiger partial charge on any atom is -0.483 e. The monoisotopic (exact) mass is 319 g/mol. The van der Waals surface area contributed by atoms with E-state index >= 15 is 0 Å². The number of hydrogen-bond acceptors (Lipinski definition) is 3. The number of nitrogen functional groups attached to an aromatic ring is 1. The maximum absolute atomic E-state index is 5.74. The van der Waals surface area contributed by atoms with E-state index in [9.17, 15) is 0 Å². The minimum absolute atomic E-state index is 0.707. The second kappa shape index (κ2) is 3.94. The van der Waals surface area contributed by atoms with Crippen LogP contribution in [0.4, 0.5) is 5.69 Å². The van der Waals surface area contributed by atoms with Crippen LogP contribution in [0.25, 0.3) is 10.1 Å². The Hall–Kier alpha value is -0.490. The summed E-state index contributed by atoms with van der Waals surface area (Å²) in [6, 6.07) is 5.96. The van der Waals surface area contributed by atoms with E-state index in [0.29, 0.717) is 6.61 Å². The van der Waals surface area contributed by atoms with Crippen molar-refractivity contribution in [2.45, 2.75) is 6.92 Å². The molecular weight excluding hydrogens is 309 g/mol. The van der Waals surface area contributed by atoms with Gasteiger partial charge in [0.05, 0.1) is 10.2 Å². The molecule has 0 radical (unpaired) electrons. The van der Waals surface area contributed by atoms with Gasteiger partial charge in [-0.3, -0.25) is 0 Å². The first-order valence-corrected chi connectivity index (χ1v) is 6.22. The molecule has 2 aromatic rings. The van der Waals surface area contributed by atoms with Gasteiger partial charge in [0.25, 0.3) is 0 Å². The highest BCUT2D eigenvalue weighted by Gasteiger charge is 2.10. The number of benzene rings is 1. The van der Waals surface area contributed by atoms with Crippen LogP contribution < -0.4 is 10.5 Å². The lowest BCUT2D eigenvalue weighted by atomic mass is 10.2. The van der Waals surface area contributed by atoms with Crippen LogP contribution >= 0.6 is 33.9 Å². The molecule has 1 heterocycles. The molecule has 0 aliphatic carbocycles. The van der Waals surface area contributed by atoms with E-state index in [4.69, 9.17) is 10.5 Å². The van der Waals surface area contributed by atoms with Crippen molar-refractivity contribution < 1.29 is 4.74 Å². The quantitative estimate of drug-likeness (QED) is 0.679. The summed E-state index contributed by atoms with van der Waals surface area (Å²) in [4.78, 5) is 0. The van der Waals surface area contributed by atoms with Gasteiger partial charge in [-0.1, -0.05) is 11.3 Å². The number of thiophene rings is 1. The average Bonchev–Trinajstić information content (AvgIpc) is 2.46. The zero-order valence-electron chi connectivity index (χ0n) is 7.71. The van der Waals surface area contributed by atoms with Gasteiger partial charge in [-0.15, -0.1) is 0 Å². The molecule has 0 fully saturated rings. The van der Waals surface area contributed by atoms with Crippen molar-refractivity contribution in [1.82, 2.24) is 0 Å². The first kappa shape index (κ1) is 10.0. The van der Waals surface area contributed by atoms with Crippen LogP contribution in [0.5, 0.6) is 5.06 Å². The van der Waals surface area contributed by atoms with Crippen molar-refractivity contribution in [3.63, 3.8) is 0 Å². The zero-order valence-corrected chi connectivity index (χ0v) is 10.7. The van der Waals surface area contributed by atoms with E-state index in [0.717, 1.165) is 14.3 Å². The summed E-state index contributed by atoms with van der Waals surface area (Å²) in [6.07, 6.45) is 0. The highest BCUT2D eigenvalue weighted by atomic mass is 127. The first-order chi connectivity index (χ1) is 6.72. The molecule has 0 bridgehead atoms. The maximum atomic E-state index is 5.74. The number of fused-ring (bicyclic) bond motifs is 1. The largest absolute Gasteiger partial charge is 0.483 e. The van der Waals surface area contributed by atoms with Gasteiger partial charge in [-0.2, -0.15) is 0 Å². The fraction of sp³-hybridized carbons (Fsp3) is 0.200. The molecule has 0 saturated carbocycles. The van der Waals surface area contributed by atoms with Crippen molar-refractivity contribution in [2.75, 3.05) is 12.3 Å². The Labute approximate surface area is 100 Å². The fourth-order valence-electron chi connectivity index (χ4n) is 1.29. The number of halogens is 1. The topological polar surface area (TPSA) is 35.2 Å². The molecule has 14 heavy (non-hydrogen) atoms. The van der Waals surface area contributed by atoms with Gasteiger partial charge in [0.15, 0.2) is 5.06 Å². The summed E-state index contributed by atoms with van der Waals surface area (Å²) < 4.78 is 7.92. The van der Waals surface area contributed by atoms with Crippen molar-refractivity contribution in [3.05, 3.63) is 21.8 Å². The summed E-state index contributed by atoms with van der Waals surface area (Å²) >= 11 is 3.98. The second-order valence-electron chi connectivity index (χ2n) is 2.89. The molecule has 0 amide bonds. The third-order valence-corrected chi connectivity index (χ3v) is 4.42. The highest BCUT2D eigenvalue weighted by Crippen LogP contribution is 2.39. The summed E-state index contributed by atoms with van der Waals surface area (Å²) in [7, 11) is 0. The fourth-order valence-corrected chi connectivity index (χ4v) is 3.39. The van der Waals surface area contributed by atoms with Crippen molar-refractivity contribution in [1.29, 1.82) is 0 Å². The number of hydrogen-bond donors (Lipinski definition) is 1. The second-order valence-corrected chi connectivity index (χ2v) is 4.99. The summed E-state index contributed by atoms with van der Waals surface area (Å²) in [5.41, 5.74) is 6.54. The Bertz CT molecular complexity index is 466. The smallest absolute Gasteiger partial charge is 0.188 e. The lowest BCUT2D eigenvalue weighted by molar-refractivity contribution is 0.348. The molecule has 2 nitrogen and oxygen atoms in total. The van der Waals surface area contributed by atoms with Crippen molar-refractivity contribution in [3.8, 4) is 5.06 Å². The summed E-state index contributed by atoms with van der Waals surface area (Å²) in [5.74, 6) is 0. The number of anilines is 1. The van der Waals surface area contributed by atoms with E-state index in [-0.39, 0.29) is 0 Å². The summed E-state index contributed by atoms with van der Waals surface area (Å²) in [5, 5.41) is 2.19. The van der Waals surface area contributed by atoms with Gasteiger partial charge in [-0.05, 0) is 47.7 Å². The molecule has 4 heteroatoms. The van der Waals surface area contributed by atoms with Crippen molar-refractivity contribution in [2.24, 2.45) is 0 Å². The van der Waals surface area contributed by atoms with Crippen LogP contribution in [0, 0.1) is 3.57 Å². The van der Waals surface area contributed by atoms with Crippen LogP contribution in [0.15, 0.2) is 18.2 Å². The third-order valence-electron chi connectivity index (χ3n) is 1.90.